The maximum Gasteiger partial charge on any atom is 0.0660 e. The Morgan fingerprint density at radius 2 is 2.17 bits per heavy atom. The molecule has 0 radical (unpaired) electrons. The number of nitrogens with one attached hydrogen (secondary N) is 1. The Bertz CT molecular complexity index is 207. The molecule has 0 saturated carbocycles. The van der Waals surface area contributed by atoms with Crippen LogP contribution in [-0.4, -0.2) is 16.8 Å². The summed E-state index contributed by atoms with van der Waals surface area (Å²) >= 11 is 3.39. The summed E-state index contributed by atoms with van der Waals surface area (Å²) in [4.78, 5) is 0. The van der Waals surface area contributed by atoms with Crippen LogP contribution < -0.4 is 5.32 Å². The SMILES string of the molecule is CNCc1c(Br)cnn1C.Cl.Cl. The highest BCUT2D eigenvalue weighted by Gasteiger charge is 2.02. The zero-order valence-corrected chi connectivity index (χ0v) is 10.1. The highest BCUT2D eigenvalue weighted by molar-refractivity contribution is 9.10. The van der Waals surface area contributed by atoms with Crippen molar-refractivity contribution in [3.8, 4) is 0 Å². The number of rotatable bonds is 2. The van der Waals surface area contributed by atoms with Crippen LogP contribution in [0.3, 0.4) is 0 Å². The second-order valence-corrected chi connectivity index (χ2v) is 2.95. The first-order valence-electron chi connectivity index (χ1n) is 3.06. The smallest absolute Gasteiger partial charge is 0.0660 e. The highest BCUT2D eigenvalue weighted by Crippen LogP contribution is 2.13. The number of nitrogens with zero attached hydrogens (tertiary/aromatic N) is 2. The number of hydrogen-bond donors (Lipinski definition) is 1. The minimum absolute atomic E-state index is 0. The van der Waals surface area contributed by atoms with Crippen molar-refractivity contribution in [1.82, 2.24) is 15.1 Å². The van der Waals surface area contributed by atoms with Crippen LogP contribution >= 0.6 is 40.7 Å². The van der Waals surface area contributed by atoms with Crippen LogP contribution in [0.15, 0.2) is 10.7 Å². The molecule has 1 aromatic heterocycles. The van der Waals surface area contributed by atoms with Crippen molar-refractivity contribution < 1.29 is 0 Å². The number of aromatic nitrogens is 2. The summed E-state index contributed by atoms with van der Waals surface area (Å²) in [5.41, 5.74) is 1.17. The van der Waals surface area contributed by atoms with Gasteiger partial charge in [0.25, 0.3) is 0 Å². The number of aryl methyl sites for hydroxylation is 1. The average molecular weight is 277 g/mol. The quantitative estimate of drug-likeness (QED) is 0.892. The van der Waals surface area contributed by atoms with Gasteiger partial charge in [-0.25, -0.2) is 0 Å². The van der Waals surface area contributed by atoms with E-state index in [1.807, 2.05) is 18.8 Å². The molecule has 0 aliphatic carbocycles. The molecular weight excluding hydrogens is 265 g/mol. The third kappa shape index (κ3) is 3.31. The Morgan fingerprint density at radius 3 is 2.50 bits per heavy atom. The molecule has 1 heterocycles. The van der Waals surface area contributed by atoms with Crippen molar-refractivity contribution in [3.05, 3.63) is 16.4 Å². The molecular formula is C6H12BrCl2N3. The predicted molar refractivity (Wildman–Crippen MR) is 58.2 cm³/mol. The molecule has 0 saturated heterocycles. The summed E-state index contributed by atoms with van der Waals surface area (Å²) in [6.07, 6.45) is 1.80. The zero-order chi connectivity index (χ0) is 7.56. The first kappa shape index (κ1) is 14.7. The van der Waals surface area contributed by atoms with Crippen molar-refractivity contribution in [3.63, 3.8) is 0 Å². The monoisotopic (exact) mass is 275 g/mol. The van der Waals surface area contributed by atoms with Gasteiger partial charge in [0.15, 0.2) is 0 Å². The summed E-state index contributed by atoms with van der Waals surface area (Å²) in [5, 5.41) is 7.13. The first-order chi connectivity index (χ1) is 4.75. The molecule has 0 unspecified atom stereocenters. The van der Waals surface area contributed by atoms with E-state index in [1.54, 1.807) is 6.20 Å². The van der Waals surface area contributed by atoms with Gasteiger partial charge in [-0.1, -0.05) is 0 Å². The Kier molecular flexibility index (Phi) is 8.25. The highest BCUT2D eigenvalue weighted by atomic mass is 79.9. The first-order valence-corrected chi connectivity index (χ1v) is 3.86. The molecule has 12 heavy (non-hydrogen) atoms. The Morgan fingerprint density at radius 1 is 1.58 bits per heavy atom. The Labute approximate surface area is 92.9 Å². The molecule has 0 aliphatic rings. The zero-order valence-electron chi connectivity index (χ0n) is 6.87. The maximum absolute atomic E-state index is 4.06. The maximum atomic E-state index is 4.06. The molecule has 3 nitrogen and oxygen atoms in total. The fraction of sp³-hybridized carbons (Fsp3) is 0.500. The van der Waals surface area contributed by atoms with Gasteiger partial charge in [-0.05, 0) is 23.0 Å². The fourth-order valence-electron chi connectivity index (χ4n) is 0.802. The second kappa shape index (κ2) is 6.71. The second-order valence-electron chi connectivity index (χ2n) is 2.09. The van der Waals surface area contributed by atoms with Crippen molar-refractivity contribution in [1.29, 1.82) is 0 Å². The largest absolute Gasteiger partial charge is 0.314 e. The topological polar surface area (TPSA) is 29.9 Å². The summed E-state index contributed by atoms with van der Waals surface area (Å²) in [5.74, 6) is 0. The molecule has 1 rings (SSSR count). The number of hydrogen-bond acceptors (Lipinski definition) is 2. The molecule has 72 valence electrons. The number of halogens is 3. The van der Waals surface area contributed by atoms with Gasteiger partial charge in [-0.3, -0.25) is 4.68 Å². The van der Waals surface area contributed by atoms with Crippen molar-refractivity contribution in [2.75, 3.05) is 7.05 Å². The van der Waals surface area contributed by atoms with Gasteiger partial charge in [0.2, 0.25) is 0 Å². The van der Waals surface area contributed by atoms with E-state index in [1.165, 1.54) is 5.69 Å². The summed E-state index contributed by atoms with van der Waals surface area (Å²) in [7, 11) is 3.84. The lowest BCUT2D eigenvalue weighted by atomic mass is 10.4. The fourth-order valence-corrected chi connectivity index (χ4v) is 1.29. The van der Waals surface area contributed by atoms with Crippen LogP contribution in [0.4, 0.5) is 0 Å². The third-order valence-electron chi connectivity index (χ3n) is 1.35. The molecule has 0 spiro atoms. The van der Waals surface area contributed by atoms with E-state index in [0.717, 1.165) is 11.0 Å². The van der Waals surface area contributed by atoms with Crippen molar-refractivity contribution >= 4 is 40.7 Å². The van der Waals surface area contributed by atoms with Crippen LogP contribution in [-0.2, 0) is 13.6 Å². The summed E-state index contributed by atoms with van der Waals surface area (Å²) < 4.78 is 2.91. The third-order valence-corrected chi connectivity index (χ3v) is 2.02. The van der Waals surface area contributed by atoms with E-state index in [4.69, 9.17) is 0 Å². The van der Waals surface area contributed by atoms with Crippen LogP contribution in [0.2, 0.25) is 0 Å². The van der Waals surface area contributed by atoms with Gasteiger partial charge in [0.05, 0.1) is 16.4 Å². The van der Waals surface area contributed by atoms with Crippen molar-refractivity contribution in [2.45, 2.75) is 6.54 Å². The van der Waals surface area contributed by atoms with E-state index < -0.39 is 0 Å². The molecule has 0 atom stereocenters. The van der Waals surface area contributed by atoms with E-state index in [9.17, 15) is 0 Å². The van der Waals surface area contributed by atoms with E-state index in [2.05, 4.69) is 26.3 Å². The normalized spacial score (nSPS) is 8.58. The molecule has 1 N–H and O–H groups in total. The lowest BCUT2D eigenvalue weighted by Crippen LogP contribution is -2.10. The Balaban J connectivity index is 0. The standard InChI is InChI=1S/C6H10BrN3.2ClH/c1-8-4-6-5(7)3-9-10(6)2;;/h3,8H,4H2,1-2H3;2*1H. The predicted octanol–water partition coefficient (Wildman–Crippen LogP) is 1.75. The minimum Gasteiger partial charge on any atom is -0.314 e. The van der Waals surface area contributed by atoms with Crippen LogP contribution in [0.25, 0.3) is 0 Å². The molecule has 0 aromatic carbocycles. The van der Waals surface area contributed by atoms with Gasteiger partial charge in [-0.15, -0.1) is 24.8 Å². The molecule has 0 amide bonds. The van der Waals surface area contributed by atoms with Gasteiger partial charge >= 0.3 is 0 Å². The van der Waals surface area contributed by atoms with Crippen LogP contribution in [0.5, 0.6) is 0 Å². The minimum atomic E-state index is 0. The molecule has 0 aliphatic heterocycles. The van der Waals surface area contributed by atoms with E-state index >= 15 is 0 Å². The molecule has 0 fully saturated rings. The summed E-state index contributed by atoms with van der Waals surface area (Å²) in [6.45, 7) is 0.844. The molecule has 1 aromatic rings. The van der Waals surface area contributed by atoms with Gasteiger partial charge in [-0.2, -0.15) is 5.10 Å². The molecule has 0 bridgehead atoms. The van der Waals surface area contributed by atoms with E-state index in [-0.39, 0.29) is 24.8 Å². The van der Waals surface area contributed by atoms with Gasteiger partial charge in [0, 0.05) is 13.6 Å². The van der Waals surface area contributed by atoms with Crippen LogP contribution in [0, 0.1) is 0 Å². The molecule has 6 heteroatoms. The van der Waals surface area contributed by atoms with Crippen LogP contribution in [0.1, 0.15) is 5.69 Å². The Hall–Kier alpha value is 0.230. The average Bonchev–Trinajstić information content (AvgIpc) is 2.20. The lowest BCUT2D eigenvalue weighted by molar-refractivity contribution is 0.670. The lowest BCUT2D eigenvalue weighted by Gasteiger charge is -1.99. The van der Waals surface area contributed by atoms with E-state index in [0.29, 0.717) is 0 Å². The van der Waals surface area contributed by atoms with Gasteiger partial charge < -0.3 is 5.32 Å². The van der Waals surface area contributed by atoms with Crippen molar-refractivity contribution in [2.24, 2.45) is 7.05 Å². The summed E-state index contributed by atoms with van der Waals surface area (Å²) in [6, 6.07) is 0. The van der Waals surface area contributed by atoms with Gasteiger partial charge in [0.1, 0.15) is 0 Å².